The molecule has 1 amide bonds. The van der Waals surface area contributed by atoms with Crippen molar-refractivity contribution in [1.82, 2.24) is 5.06 Å². The van der Waals surface area contributed by atoms with Gasteiger partial charge in [0.25, 0.3) is 5.91 Å². The van der Waals surface area contributed by atoms with E-state index in [2.05, 4.69) is 78.8 Å². The number of halogens is 2. The average Bonchev–Trinajstić information content (AvgIpc) is 2.60. The quantitative estimate of drug-likeness (QED) is 0.179. The van der Waals surface area contributed by atoms with E-state index in [4.69, 9.17) is 0 Å². The summed E-state index contributed by atoms with van der Waals surface area (Å²) in [7, 11) is 0. The van der Waals surface area contributed by atoms with Crippen LogP contribution in [0.3, 0.4) is 0 Å². The topological polar surface area (TPSA) is 40.5 Å². The van der Waals surface area contributed by atoms with Crippen LogP contribution in [-0.2, 0) is 0 Å². The van der Waals surface area contributed by atoms with E-state index in [-0.39, 0.29) is 17.9 Å². The number of carbonyl (C=O) groups excluding carboxylic acids is 1. The molecule has 3 nitrogen and oxygen atoms in total. The van der Waals surface area contributed by atoms with Crippen LogP contribution in [0, 0.1) is 24.4 Å². The molecule has 0 radical (unpaired) electrons. The molecule has 1 saturated carbocycles. The van der Waals surface area contributed by atoms with Crippen LogP contribution in [0.15, 0.2) is 55.2 Å². The van der Waals surface area contributed by atoms with Gasteiger partial charge in [0.2, 0.25) is 0 Å². The summed E-state index contributed by atoms with van der Waals surface area (Å²) < 4.78 is 1.94. The zero-order valence-electron chi connectivity index (χ0n) is 16.0. The lowest BCUT2D eigenvalue weighted by Gasteiger charge is -2.44. The minimum absolute atomic E-state index is 0.0503. The molecule has 146 valence electrons. The Labute approximate surface area is 189 Å². The second-order valence-electron chi connectivity index (χ2n) is 7.76. The number of nitrogens with zero attached hydrogens (tertiary/aromatic N) is 1. The van der Waals surface area contributed by atoms with Gasteiger partial charge < -0.3 is 0 Å². The van der Waals surface area contributed by atoms with Crippen molar-refractivity contribution in [2.24, 2.45) is 17.3 Å². The van der Waals surface area contributed by atoms with Crippen molar-refractivity contribution in [3.63, 3.8) is 0 Å². The van der Waals surface area contributed by atoms with E-state index in [1.807, 2.05) is 12.1 Å². The molecule has 2 rings (SSSR count). The molecule has 5 heteroatoms. The van der Waals surface area contributed by atoms with Gasteiger partial charge in [-0.25, -0.2) is 5.06 Å². The van der Waals surface area contributed by atoms with Crippen LogP contribution in [0.5, 0.6) is 0 Å². The number of allylic oxidation sites excluding steroid dienone is 2. The van der Waals surface area contributed by atoms with Gasteiger partial charge >= 0.3 is 0 Å². The number of benzene rings is 1. The minimum atomic E-state index is -0.393. The summed E-state index contributed by atoms with van der Waals surface area (Å²) in [6.07, 6.45) is 4.96. The van der Waals surface area contributed by atoms with Crippen LogP contribution in [-0.4, -0.2) is 22.7 Å². The molecule has 1 aliphatic carbocycles. The first-order chi connectivity index (χ1) is 12.6. The predicted octanol–water partition coefficient (Wildman–Crippen LogP) is 6.47. The maximum atomic E-state index is 12.6. The molecule has 1 aromatic carbocycles. The second kappa shape index (κ2) is 9.22. The molecule has 0 bridgehead atoms. The molecule has 0 unspecified atom stereocenters. The first-order valence-corrected chi connectivity index (χ1v) is 11.2. The Balaban J connectivity index is 2.07. The molecule has 0 aliphatic heterocycles. The standard InChI is InChI=1S/C22H27I2NO2/c1-6-22(5)8-7-16(11-20(22)14(2)3)15(4)13-25(27)21(26)17-9-18(23)12-19(24)10-17/h6,9-10,12,16,20,27H,1-2,4,7-8,11,13H2,3,5H3/t16-,20+,22-/m1/s1. The van der Waals surface area contributed by atoms with Gasteiger partial charge in [0.15, 0.2) is 0 Å². The summed E-state index contributed by atoms with van der Waals surface area (Å²) in [4.78, 5) is 12.6. The lowest BCUT2D eigenvalue weighted by atomic mass is 9.61. The zero-order valence-corrected chi connectivity index (χ0v) is 20.3. The largest absolute Gasteiger partial charge is 0.285 e. The van der Waals surface area contributed by atoms with Crippen molar-refractivity contribution >= 4 is 51.1 Å². The second-order valence-corrected chi connectivity index (χ2v) is 10.3. The smallest absolute Gasteiger partial charge is 0.277 e. The van der Waals surface area contributed by atoms with Crippen LogP contribution in [0.2, 0.25) is 0 Å². The Hall–Kier alpha value is -0.670. The van der Waals surface area contributed by atoms with Crippen molar-refractivity contribution < 1.29 is 10.0 Å². The van der Waals surface area contributed by atoms with Crippen molar-refractivity contribution in [1.29, 1.82) is 0 Å². The van der Waals surface area contributed by atoms with Gasteiger partial charge in [-0.1, -0.05) is 37.3 Å². The van der Waals surface area contributed by atoms with Crippen LogP contribution in [0.1, 0.15) is 43.5 Å². The number of rotatable bonds is 6. The van der Waals surface area contributed by atoms with E-state index in [1.54, 1.807) is 12.1 Å². The average molecular weight is 591 g/mol. The summed E-state index contributed by atoms with van der Waals surface area (Å²) in [6.45, 7) is 16.8. The van der Waals surface area contributed by atoms with E-state index in [0.29, 0.717) is 11.5 Å². The van der Waals surface area contributed by atoms with Crippen molar-refractivity contribution in [2.75, 3.05) is 6.54 Å². The van der Waals surface area contributed by atoms with Crippen LogP contribution >= 0.6 is 45.2 Å². The predicted molar refractivity (Wildman–Crippen MR) is 128 cm³/mol. The van der Waals surface area contributed by atoms with Gasteiger partial charge in [-0.15, -0.1) is 6.58 Å². The fourth-order valence-electron chi connectivity index (χ4n) is 3.93. The van der Waals surface area contributed by atoms with Gasteiger partial charge in [-0.3, -0.25) is 10.0 Å². The van der Waals surface area contributed by atoms with E-state index in [9.17, 15) is 10.0 Å². The molecule has 27 heavy (non-hydrogen) atoms. The lowest BCUT2D eigenvalue weighted by Crippen LogP contribution is -2.36. The molecule has 1 aromatic rings. The Morgan fingerprint density at radius 1 is 1.33 bits per heavy atom. The number of amides is 1. The van der Waals surface area contributed by atoms with Gasteiger partial charge in [0.05, 0.1) is 6.54 Å². The maximum Gasteiger partial charge on any atom is 0.277 e. The van der Waals surface area contributed by atoms with Crippen LogP contribution < -0.4 is 0 Å². The summed E-state index contributed by atoms with van der Waals surface area (Å²) >= 11 is 4.34. The highest BCUT2D eigenvalue weighted by Gasteiger charge is 2.39. The lowest BCUT2D eigenvalue weighted by molar-refractivity contribution is -0.0532. The molecule has 0 heterocycles. The first kappa shape index (κ1) is 22.6. The maximum absolute atomic E-state index is 12.6. The van der Waals surface area contributed by atoms with Crippen molar-refractivity contribution in [3.8, 4) is 0 Å². The zero-order chi connectivity index (χ0) is 20.4. The minimum Gasteiger partial charge on any atom is -0.285 e. The Morgan fingerprint density at radius 3 is 2.44 bits per heavy atom. The number of hydrogen-bond acceptors (Lipinski definition) is 2. The van der Waals surface area contributed by atoms with E-state index in [1.165, 1.54) is 0 Å². The van der Waals surface area contributed by atoms with Gasteiger partial charge in [-0.2, -0.15) is 0 Å². The summed E-state index contributed by atoms with van der Waals surface area (Å²) in [5.74, 6) is 0.208. The number of carbonyl (C=O) groups is 1. The third kappa shape index (κ3) is 5.44. The van der Waals surface area contributed by atoms with Crippen LogP contribution in [0.4, 0.5) is 0 Å². The first-order valence-electron chi connectivity index (χ1n) is 9.01. The SMILES string of the molecule is C=C[C@]1(C)CC[C@@H](C(=C)CN(O)C(=O)c2cc(I)cc(I)c2)C[C@H]1C(=C)C. The fourth-order valence-corrected chi connectivity index (χ4v) is 5.87. The molecule has 0 saturated heterocycles. The highest BCUT2D eigenvalue weighted by atomic mass is 127. The van der Waals surface area contributed by atoms with E-state index < -0.39 is 5.91 Å². The highest BCUT2D eigenvalue weighted by molar-refractivity contribution is 14.1. The summed E-state index contributed by atoms with van der Waals surface area (Å²) in [5, 5.41) is 11.2. The number of hydroxylamine groups is 2. The normalized spacial score (nSPS) is 24.9. The summed E-state index contributed by atoms with van der Waals surface area (Å²) in [6, 6.07) is 5.55. The molecule has 0 spiro atoms. The molecular weight excluding hydrogens is 564 g/mol. The molecule has 0 aromatic heterocycles. The molecule has 3 atom stereocenters. The van der Waals surface area contributed by atoms with Crippen molar-refractivity contribution in [2.45, 2.75) is 33.1 Å². The van der Waals surface area contributed by atoms with Crippen LogP contribution in [0.25, 0.3) is 0 Å². The van der Waals surface area contributed by atoms with Gasteiger partial charge in [0.1, 0.15) is 0 Å². The molecule has 1 fully saturated rings. The van der Waals surface area contributed by atoms with E-state index in [0.717, 1.165) is 42.6 Å². The molecule has 1 aliphatic rings. The Bertz CT molecular complexity index is 753. The van der Waals surface area contributed by atoms with Gasteiger partial charge in [0, 0.05) is 12.7 Å². The Kier molecular flexibility index (Phi) is 7.72. The van der Waals surface area contributed by atoms with E-state index >= 15 is 0 Å². The molecular formula is C22H27I2NO2. The third-order valence-electron chi connectivity index (χ3n) is 5.68. The number of hydrogen-bond donors (Lipinski definition) is 1. The summed E-state index contributed by atoms with van der Waals surface area (Å²) in [5.41, 5.74) is 2.59. The van der Waals surface area contributed by atoms with Crippen molar-refractivity contribution in [3.05, 3.63) is 67.9 Å². The van der Waals surface area contributed by atoms with Gasteiger partial charge in [-0.05, 0) is 107 Å². The third-order valence-corrected chi connectivity index (χ3v) is 6.93. The fraction of sp³-hybridized carbons (Fsp3) is 0.409. The molecule has 1 N–H and O–H groups in total. The monoisotopic (exact) mass is 591 g/mol. The Morgan fingerprint density at radius 2 is 1.93 bits per heavy atom. The highest BCUT2D eigenvalue weighted by Crippen LogP contribution is 2.48.